The summed E-state index contributed by atoms with van der Waals surface area (Å²) < 4.78 is 16.0. The Morgan fingerprint density at radius 3 is 2.28 bits per heavy atom. The summed E-state index contributed by atoms with van der Waals surface area (Å²) in [5.74, 6) is -2.93. The van der Waals surface area contributed by atoms with E-state index < -0.39 is 41.7 Å². The summed E-state index contributed by atoms with van der Waals surface area (Å²) in [4.78, 5) is 48.5. The van der Waals surface area contributed by atoms with E-state index in [1.54, 1.807) is 6.07 Å². The normalized spacial score (nSPS) is 25.9. The minimum absolute atomic E-state index is 0.232. The van der Waals surface area contributed by atoms with Gasteiger partial charge in [-0.05, 0) is 30.9 Å². The van der Waals surface area contributed by atoms with E-state index in [2.05, 4.69) is 0 Å². The van der Waals surface area contributed by atoms with Gasteiger partial charge in [0.15, 0.2) is 6.10 Å². The Labute approximate surface area is 171 Å². The van der Waals surface area contributed by atoms with Crippen LogP contribution in [-0.4, -0.2) is 35.1 Å². The van der Waals surface area contributed by atoms with Crippen molar-refractivity contribution < 1.29 is 38.5 Å². The van der Waals surface area contributed by atoms with Gasteiger partial charge in [-0.1, -0.05) is 6.08 Å². The van der Waals surface area contributed by atoms with Crippen molar-refractivity contribution in [1.29, 1.82) is 0 Å². The number of carboxylic acid groups (broad SMARTS) is 1. The van der Waals surface area contributed by atoms with Gasteiger partial charge in [-0.15, -0.1) is 11.3 Å². The van der Waals surface area contributed by atoms with Gasteiger partial charge in [-0.25, -0.2) is 4.79 Å². The van der Waals surface area contributed by atoms with Gasteiger partial charge >= 0.3 is 23.9 Å². The molecule has 0 saturated heterocycles. The quantitative estimate of drug-likeness (QED) is 0.549. The summed E-state index contributed by atoms with van der Waals surface area (Å²) >= 11 is 1.22. The molecule has 3 atom stereocenters. The maximum Gasteiger partial charge on any atom is 0.353 e. The molecule has 0 spiro atoms. The molecule has 0 unspecified atom stereocenters. The molecule has 1 aromatic rings. The molecule has 2 aliphatic carbocycles. The topological polar surface area (TPSA) is 116 Å². The molecule has 1 saturated carbocycles. The third kappa shape index (κ3) is 4.50. The lowest BCUT2D eigenvalue weighted by molar-refractivity contribution is -0.195. The van der Waals surface area contributed by atoms with Gasteiger partial charge in [-0.2, -0.15) is 0 Å². The van der Waals surface area contributed by atoms with Crippen LogP contribution in [0.1, 0.15) is 61.5 Å². The van der Waals surface area contributed by atoms with Gasteiger partial charge in [0.05, 0.1) is 4.88 Å². The average Bonchev–Trinajstić information content (AvgIpc) is 3.32. The first-order chi connectivity index (χ1) is 13.6. The Hall–Kier alpha value is -2.68. The largest absolute Gasteiger partial charge is 0.478 e. The van der Waals surface area contributed by atoms with Gasteiger partial charge in [-0.3, -0.25) is 14.4 Å². The molecular weight excluding hydrogens is 400 g/mol. The number of allylic oxidation sites excluding steroid dienone is 1. The second kappa shape index (κ2) is 7.98. The van der Waals surface area contributed by atoms with Gasteiger partial charge in [0.2, 0.25) is 5.60 Å². The summed E-state index contributed by atoms with van der Waals surface area (Å²) in [6.07, 6.45) is 3.68. The highest BCUT2D eigenvalue weighted by Gasteiger charge is 2.56. The molecule has 29 heavy (non-hydrogen) atoms. The number of hydrogen-bond donors (Lipinski definition) is 1. The maximum absolute atomic E-state index is 12.3. The van der Waals surface area contributed by atoms with E-state index in [-0.39, 0.29) is 12.0 Å². The lowest BCUT2D eigenvalue weighted by atomic mass is 9.79. The van der Waals surface area contributed by atoms with Crippen molar-refractivity contribution in [2.45, 2.75) is 57.8 Å². The molecule has 0 amide bonds. The minimum Gasteiger partial charge on any atom is -0.478 e. The molecule has 1 fully saturated rings. The van der Waals surface area contributed by atoms with Crippen molar-refractivity contribution in [3.63, 3.8) is 0 Å². The average molecular weight is 422 g/mol. The molecule has 2 aliphatic rings. The summed E-state index contributed by atoms with van der Waals surface area (Å²) in [6.45, 7) is 3.51. The van der Waals surface area contributed by atoms with Crippen LogP contribution in [-0.2, 0) is 39.0 Å². The van der Waals surface area contributed by atoms with Crippen LogP contribution in [0, 0.1) is 5.92 Å². The van der Waals surface area contributed by atoms with E-state index in [9.17, 15) is 24.3 Å². The van der Waals surface area contributed by atoms with E-state index in [4.69, 9.17) is 14.2 Å². The van der Waals surface area contributed by atoms with Crippen LogP contribution in [0.3, 0.4) is 0 Å². The smallest absolute Gasteiger partial charge is 0.353 e. The number of aliphatic carboxylic acids is 1. The lowest BCUT2D eigenvalue weighted by Crippen LogP contribution is -2.49. The SMILES string of the molecule is CC(=O)O[C@@H]1c2sc(/C=C/C3CC3)cc2[C@@](OC(C)=O)(C(=O)O)C[C@H]1OC(C)=O. The van der Waals surface area contributed by atoms with E-state index in [1.165, 1.54) is 25.2 Å². The Kier molecular flexibility index (Phi) is 5.79. The number of carboxylic acids is 1. The fraction of sp³-hybridized carbons (Fsp3) is 0.500. The first-order valence-electron chi connectivity index (χ1n) is 9.22. The predicted octanol–water partition coefficient (Wildman–Crippen LogP) is 2.95. The Morgan fingerprint density at radius 1 is 1.10 bits per heavy atom. The van der Waals surface area contributed by atoms with Crippen molar-refractivity contribution in [2.75, 3.05) is 0 Å². The van der Waals surface area contributed by atoms with Crippen LogP contribution in [0.4, 0.5) is 0 Å². The second-order valence-electron chi connectivity index (χ2n) is 7.23. The Bertz CT molecular complexity index is 881. The van der Waals surface area contributed by atoms with Crippen molar-refractivity contribution in [3.8, 4) is 0 Å². The summed E-state index contributed by atoms with van der Waals surface area (Å²) in [5.41, 5.74) is -1.81. The fourth-order valence-corrected chi connectivity index (χ4v) is 4.66. The highest BCUT2D eigenvalue weighted by Crippen LogP contribution is 2.50. The molecule has 0 aromatic carbocycles. The lowest BCUT2D eigenvalue weighted by Gasteiger charge is -2.39. The van der Waals surface area contributed by atoms with Crippen molar-refractivity contribution in [2.24, 2.45) is 5.92 Å². The first kappa shape index (κ1) is 21.0. The molecule has 1 heterocycles. The number of fused-ring (bicyclic) bond motifs is 1. The molecule has 0 aliphatic heterocycles. The number of carbonyl (C=O) groups is 4. The first-order valence-corrected chi connectivity index (χ1v) is 10.0. The van der Waals surface area contributed by atoms with Crippen LogP contribution in [0.2, 0.25) is 0 Å². The number of carbonyl (C=O) groups excluding carboxylic acids is 3. The van der Waals surface area contributed by atoms with E-state index in [0.29, 0.717) is 10.8 Å². The number of ether oxygens (including phenoxy) is 3. The number of esters is 3. The van der Waals surface area contributed by atoms with Gasteiger partial charge in [0, 0.05) is 37.6 Å². The van der Waals surface area contributed by atoms with E-state index in [0.717, 1.165) is 24.6 Å². The predicted molar refractivity (Wildman–Crippen MR) is 102 cm³/mol. The van der Waals surface area contributed by atoms with Crippen LogP contribution in [0.15, 0.2) is 12.1 Å². The number of thiophene rings is 1. The Balaban J connectivity index is 2.15. The Morgan fingerprint density at radius 2 is 1.76 bits per heavy atom. The van der Waals surface area contributed by atoms with Crippen molar-refractivity contribution >= 4 is 41.3 Å². The van der Waals surface area contributed by atoms with Crippen molar-refractivity contribution in [3.05, 3.63) is 27.5 Å². The highest BCUT2D eigenvalue weighted by molar-refractivity contribution is 7.13. The summed E-state index contributed by atoms with van der Waals surface area (Å²) in [5, 5.41) is 10.0. The van der Waals surface area contributed by atoms with Gasteiger partial charge < -0.3 is 19.3 Å². The monoisotopic (exact) mass is 422 g/mol. The molecule has 9 heteroatoms. The maximum atomic E-state index is 12.3. The van der Waals surface area contributed by atoms with Gasteiger partial charge in [0.1, 0.15) is 6.10 Å². The number of rotatable bonds is 6. The van der Waals surface area contributed by atoms with Crippen molar-refractivity contribution in [1.82, 2.24) is 0 Å². The van der Waals surface area contributed by atoms with E-state index in [1.807, 2.05) is 12.2 Å². The third-order valence-electron chi connectivity index (χ3n) is 4.73. The number of hydrogen-bond acceptors (Lipinski definition) is 8. The fourth-order valence-electron chi connectivity index (χ4n) is 3.44. The molecule has 156 valence electrons. The molecular formula is C20H22O8S. The standard InChI is InChI=1S/C20H22O8S/c1-10(21)26-16-9-20(19(24)25,28-12(3)23)15-8-14(7-6-13-4-5-13)29-18(15)17(16)27-11(2)22/h6-8,13,16-17H,4-5,9H2,1-3H3,(H,24,25)/b7-6+/t16-,17+,20-/m1/s1. The molecule has 1 aromatic heterocycles. The van der Waals surface area contributed by atoms with Gasteiger partial charge in [0.25, 0.3) is 0 Å². The zero-order valence-electron chi connectivity index (χ0n) is 16.3. The minimum atomic E-state index is -2.04. The van der Waals surface area contributed by atoms with Crippen LogP contribution in [0.5, 0.6) is 0 Å². The summed E-state index contributed by atoms with van der Waals surface area (Å²) in [7, 11) is 0. The summed E-state index contributed by atoms with van der Waals surface area (Å²) in [6, 6.07) is 1.64. The highest BCUT2D eigenvalue weighted by atomic mass is 32.1. The van der Waals surface area contributed by atoms with Crippen LogP contribution in [0.25, 0.3) is 6.08 Å². The second-order valence-corrected chi connectivity index (χ2v) is 8.35. The van der Waals surface area contributed by atoms with E-state index >= 15 is 0 Å². The zero-order valence-corrected chi connectivity index (χ0v) is 17.1. The molecule has 0 bridgehead atoms. The molecule has 1 N–H and O–H groups in total. The molecule has 3 rings (SSSR count). The van der Waals surface area contributed by atoms with Crippen LogP contribution < -0.4 is 0 Å². The van der Waals surface area contributed by atoms with Crippen LogP contribution >= 0.6 is 11.3 Å². The molecule has 0 radical (unpaired) electrons. The third-order valence-corrected chi connectivity index (χ3v) is 5.89. The zero-order chi connectivity index (χ0) is 21.3. The molecule has 8 nitrogen and oxygen atoms in total.